The molecule has 0 saturated carbocycles. The molecule has 0 radical (unpaired) electrons. The molecule has 0 bridgehead atoms. The van der Waals surface area contributed by atoms with Crippen LogP contribution in [0.4, 0.5) is 0 Å². The first kappa shape index (κ1) is 19.4. The molecule has 1 aromatic carbocycles. The molecule has 1 aliphatic rings. The second-order valence-electron chi connectivity index (χ2n) is 7.51. The summed E-state index contributed by atoms with van der Waals surface area (Å²) in [6.07, 6.45) is 4.25. The number of fused-ring (bicyclic) bond motifs is 1. The number of carbonyl (C=O) groups is 2. The smallest absolute Gasteiger partial charge is 0.238 e. The van der Waals surface area contributed by atoms with E-state index >= 15 is 0 Å². The molecule has 1 fully saturated rings. The minimum absolute atomic E-state index is 0.0139. The molecular formula is C21H30N4O2. The fourth-order valence-electron chi connectivity index (χ4n) is 3.97. The van der Waals surface area contributed by atoms with E-state index < -0.39 is 0 Å². The Kier molecular flexibility index (Phi) is 6.16. The summed E-state index contributed by atoms with van der Waals surface area (Å²) < 4.78 is 0. The van der Waals surface area contributed by atoms with Crippen LogP contribution in [0.2, 0.25) is 0 Å². The van der Waals surface area contributed by atoms with Crippen LogP contribution < -0.4 is 5.32 Å². The Morgan fingerprint density at radius 1 is 1.26 bits per heavy atom. The third kappa shape index (κ3) is 4.33. The standard InChI is InChI=1S/C21H30N4O2/c1-15(2)25-12-11-24(14-19(25)21(27)22-3)20(26)10-6-7-16-13-23-18-9-5-4-8-17(16)18/h4-5,8-9,13,15,19,23H,6-7,10-12,14H2,1-3H3,(H,22,27)/t19-/m0/s1. The van der Waals surface area contributed by atoms with Gasteiger partial charge in [0.25, 0.3) is 0 Å². The summed E-state index contributed by atoms with van der Waals surface area (Å²) in [5.74, 6) is 0.132. The van der Waals surface area contributed by atoms with E-state index in [1.54, 1.807) is 7.05 Å². The zero-order valence-corrected chi connectivity index (χ0v) is 16.5. The number of aromatic amines is 1. The lowest BCUT2D eigenvalue weighted by Crippen LogP contribution is -2.61. The average molecular weight is 370 g/mol. The number of benzene rings is 1. The molecule has 1 saturated heterocycles. The van der Waals surface area contributed by atoms with Crippen molar-refractivity contribution in [3.8, 4) is 0 Å². The Morgan fingerprint density at radius 3 is 2.78 bits per heavy atom. The summed E-state index contributed by atoms with van der Waals surface area (Å²) in [4.78, 5) is 32.3. The molecule has 2 heterocycles. The number of rotatable bonds is 6. The molecule has 1 aromatic heterocycles. The molecule has 2 aromatic rings. The van der Waals surface area contributed by atoms with Crippen molar-refractivity contribution in [2.24, 2.45) is 0 Å². The molecule has 27 heavy (non-hydrogen) atoms. The lowest BCUT2D eigenvalue weighted by atomic mass is 10.1. The second kappa shape index (κ2) is 8.57. The Labute approximate surface area is 160 Å². The van der Waals surface area contributed by atoms with Crippen LogP contribution in [0.25, 0.3) is 10.9 Å². The number of hydrogen-bond acceptors (Lipinski definition) is 3. The molecule has 146 valence electrons. The number of nitrogens with zero attached hydrogens (tertiary/aromatic N) is 2. The van der Waals surface area contributed by atoms with Crippen LogP contribution in [-0.4, -0.2) is 65.4 Å². The number of amides is 2. The maximum absolute atomic E-state index is 12.7. The van der Waals surface area contributed by atoms with Gasteiger partial charge >= 0.3 is 0 Å². The number of aromatic nitrogens is 1. The number of piperazine rings is 1. The molecule has 2 amide bonds. The van der Waals surface area contributed by atoms with Crippen LogP contribution in [0.1, 0.15) is 32.3 Å². The molecule has 0 unspecified atom stereocenters. The number of nitrogens with one attached hydrogen (secondary N) is 2. The minimum atomic E-state index is -0.263. The van der Waals surface area contributed by atoms with Gasteiger partial charge in [-0.15, -0.1) is 0 Å². The highest BCUT2D eigenvalue weighted by Gasteiger charge is 2.34. The lowest BCUT2D eigenvalue weighted by molar-refractivity contribution is -0.139. The van der Waals surface area contributed by atoms with Crippen LogP contribution in [-0.2, 0) is 16.0 Å². The highest BCUT2D eigenvalue weighted by atomic mass is 16.2. The number of hydrogen-bond donors (Lipinski definition) is 2. The van der Waals surface area contributed by atoms with E-state index in [0.29, 0.717) is 19.5 Å². The van der Waals surface area contributed by atoms with Gasteiger partial charge in [0.15, 0.2) is 0 Å². The predicted octanol–water partition coefficient (Wildman–Crippen LogP) is 2.16. The third-order valence-electron chi connectivity index (χ3n) is 5.50. The van der Waals surface area contributed by atoms with E-state index in [0.717, 1.165) is 24.9 Å². The zero-order valence-electron chi connectivity index (χ0n) is 16.5. The fraction of sp³-hybridized carbons (Fsp3) is 0.524. The van der Waals surface area contributed by atoms with Crippen molar-refractivity contribution in [2.75, 3.05) is 26.7 Å². The van der Waals surface area contributed by atoms with E-state index in [-0.39, 0.29) is 23.9 Å². The van der Waals surface area contributed by atoms with Crippen molar-refractivity contribution in [1.82, 2.24) is 20.1 Å². The van der Waals surface area contributed by atoms with Gasteiger partial charge in [-0.3, -0.25) is 14.5 Å². The van der Waals surface area contributed by atoms with Crippen molar-refractivity contribution in [3.05, 3.63) is 36.0 Å². The van der Waals surface area contributed by atoms with Crippen molar-refractivity contribution >= 4 is 22.7 Å². The van der Waals surface area contributed by atoms with E-state index in [2.05, 4.69) is 41.2 Å². The van der Waals surface area contributed by atoms with Crippen molar-refractivity contribution in [2.45, 2.75) is 45.2 Å². The number of carbonyl (C=O) groups excluding carboxylic acids is 2. The summed E-state index contributed by atoms with van der Waals surface area (Å²) in [5.41, 5.74) is 2.39. The molecule has 0 spiro atoms. The second-order valence-corrected chi connectivity index (χ2v) is 7.51. The first-order chi connectivity index (χ1) is 13.0. The number of para-hydroxylation sites is 1. The SMILES string of the molecule is CNC(=O)[C@@H]1CN(C(=O)CCCc2c[nH]c3ccccc23)CCN1C(C)C. The monoisotopic (exact) mass is 370 g/mol. The van der Waals surface area contributed by atoms with Crippen LogP contribution >= 0.6 is 0 Å². The van der Waals surface area contributed by atoms with Gasteiger partial charge in [0, 0.05) is 56.2 Å². The van der Waals surface area contributed by atoms with Gasteiger partial charge in [0.05, 0.1) is 0 Å². The molecule has 0 aliphatic carbocycles. The third-order valence-corrected chi connectivity index (χ3v) is 5.50. The average Bonchev–Trinajstić information content (AvgIpc) is 3.10. The largest absolute Gasteiger partial charge is 0.361 e. The molecule has 3 rings (SSSR count). The summed E-state index contributed by atoms with van der Waals surface area (Å²) in [6, 6.07) is 8.26. The van der Waals surface area contributed by atoms with Crippen molar-refractivity contribution in [3.63, 3.8) is 0 Å². The summed E-state index contributed by atoms with van der Waals surface area (Å²) in [7, 11) is 1.66. The van der Waals surface area contributed by atoms with Gasteiger partial charge in [-0.25, -0.2) is 0 Å². The van der Waals surface area contributed by atoms with Gasteiger partial charge in [-0.1, -0.05) is 18.2 Å². The molecular weight excluding hydrogens is 340 g/mol. The first-order valence-corrected chi connectivity index (χ1v) is 9.81. The van der Waals surface area contributed by atoms with Gasteiger partial charge < -0.3 is 15.2 Å². The number of likely N-dealkylation sites (N-methyl/N-ethyl adjacent to an activating group) is 1. The van der Waals surface area contributed by atoms with E-state index in [1.807, 2.05) is 23.2 Å². The van der Waals surface area contributed by atoms with Crippen LogP contribution in [0.3, 0.4) is 0 Å². The Hall–Kier alpha value is -2.34. The topological polar surface area (TPSA) is 68.4 Å². The molecule has 6 nitrogen and oxygen atoms in total. The van der Waals surface area contributed by atoms with E-state index in [9.17, 15) is 9.59 Å². The zero-order chi connectivity index (χ0) is 19.4. The quantitative estimate of drug-likeness (QED) is 0.819. The van der Waals surface area contributed by atoms with E-state index in [1.165, 1.54) is 10.9 Å². The molecule has 1 atom stereocenters. The lowest BCUT2D eigenvalue weighted by Gasteiger charge is -2.42. The molecule has 1 aliphatic heterocycles. The number of aryl methyl sites for hydroxylation is 1. The minimum Gasteiger partial charge on any atom is -0.361 e. The maximum atomic E-state index is 12.7. The Morgan fingerprint density at radius 2 is 2.04 bits per heavy atom. The van der Waals surface area contributed by atoms with E-state index in [4.69, 9.17) is 0 Å². The number of H-pyrrole nitrogens is 1. The molecule has 6 heteroatoms. The maximum Gasteiger partial charge on any atom is 0.238 e. The summed E-state index contributed by atoms with van der Waals surface area (Å²) in [5, 5.41) is 3.97. The summed E-state index contributed by atoms with van der Waals surface area (Å²) in [6.45, 7) is 6.09. The van der Waals surface area contributed by atoms with Crippen LogP contribution in [0.15, 0.2) is 30.5 Å². The normalized spacial score (nSPS) is 18.2. The van der Waals surface area contributed by atoms with Crippen molar-refractivity contribution < 1.29 is 9.59 Å². The predicted molar refractivity (Wildman–Crippen MR) is 108 cm³/mol. The fourth-order valence-corrected chi connectivity index (χ4v) is 3.97. The summed E-state index contributed by atoms with van der Waals surface area (Å²) >= 11 is 0. The van der Waals surface area contributed by atoms with Crippen molar-refractivity contribution in [1.29, 1.82) is 0 Å². The van der Waals surface area contributed by atoms with Gasteiger partial charge in [0.2, 0.25) is 11.8 Å². The Bertz CT molecular complexity index is 798. The van der Waals surface area contributed by atoms with Gasteiger partial charge in [-0.2, -0.15) is 0 Å². The first-order valence-electron chi connectivity index (χ1n) is 9.81. The van der Waals surface area contributed by atoms with Gasteiger partial charge in [-0.05, 0) is 38.3 Å². The Balaban J connectivity index is 1.55. The van der Waals surface area contributed by atoms with Crippen LogP contribution in [0, 0.1) is 0 Å². The van der Waals surface area contributed by atoms with Gasteiger partial charge in [0.1, 0.15) is 6.04 Å². The highest BCUT2D eigenvalue weighted by molar-refractivity contribution is 5.84. The molecule has 2 N–H and O–H groups in total. The highest BCUT2D eigenvalue weighted by Crippen LogP contribution is 2.20. The van der Waals surface area contributed by atoms with Crippen LogP contribution in [0.5, 0.6) is 0 Å².